The van der Waals surface area contributed by atoms with Gasteiger partial charge in [0.15, 0.2) is 0 Å². The van der Waals surface area contributed by atoms with Crippen LogP contribution in [0, 0.1) is 5.92 Å². The maximum Gasteiger partial charge on any atom is 0.317 e. The predicted molar refractivity (Wildman–Crippen MR) is 92.6 cm³/mol. The van der Waals surface area contributed by atoms with Crippen LogP contribution in [-0.4, -0.2) is 36.6 Å². The lowest BCUT2D eigenvalue weighted by Crippen LogP contribution is -2.38. The lowest BCUT2D eigenvalue weighted by molar-refractivity contribution is 0.205. The van der Waals surface area contributed by atoms with Gasteiger partial charge in [-0.1, -0.05) is 32.4 Å². The second-order valence-corrected chi connectivity index (χ2v) is 5.88. The van der Waals surface area contributed by atoms with Gasteiger partial charge in [0.05, 0.1) is 7.11 Å². The molecule has 0 unspecified atom stereocenters. The van der Waals surface area contributed by atoms with E-state index in [4.69, 9.17) is 4.74 Å². The number of hydrogen-bond acceptors (Lipinski definition) is 3. The normalized spacial score (nSPS) is 12.0. The molecule has 1 N–H and O–H groups in total. The Bertz CT molecular complexity index is 672. The van der Waals surface area contributed by atoms with Crippen molar-refractivity contribution in [2.24, 2.45) is 5.92 Å². The lowest BCUT2D eigenvalue weighted by Gasteiger charge is -2.20. The smallest absolute Gasteiger partial charge is 0.317 e. The minimum Gasteiger partial charge on any atom is -0.494 e. The molecule has 2 aromatic rings. The summed E-state index contributed by atoms with van der Waals surface area (Å²) in [7, 11) is 3.44. The molecule has 1 heterocycles. The van der Waals surface area contributed by atoms with Crippen molar-refractivity contribution in [1.29, 1.82) is 0 Å². The quantitative estimate of drug-likeness (QED) is 0.888. The third kappa shape index (κ3) is 4.12. The fourth-order valence-corrected chi connectivity index (χ4v) is 2.38. The van der Waals surface area contributed by atoms with Gasteiger partial charge in [0.25, 0.3) is 0 Å². The van der Waals surface area contributed by atoms with E-state index in [1.165, 1.54) is 0 Å². The number of carbonyl (C=O) groups is 1. The van der Waals surface area contributed by atoms with Crippen molar-refractivity contribution in [3.05, 3.63) is 36.0 Å². The number of urea groups is 1. The molecule has 0 saturated carbocycles. The first-order valence-corrected chi connectivity index (χ1v) is 7.96. The third-order valence-electron chi connectivity index (χ3n) is 4.10. The first-order chi connectivity index (χ1) is 11.1. The Hall–Kier alpha value is -2.30. The first-order valence-electron chi connectivity index (χ1n) is 7.96. The molecule has 0 radical (unpaired) electrons. The number of methoxy groups -OCH3 is 1. The van der Waals surface area contributed by atoms with E-state index in [2.05, 4.69) is 24.1 Å². The highest BCUT2D eigenvalue weighted by molar-refractivity contribution is 5.87. The number of hydrogen-bond donors (Lipinski definition) is 1. The summed E-state index contributed by atoms with van der Waals surface area (Å²) in [5.74, 6) is 1.23. The molecule has 0 aliphatic heterocycles. The highest BCUT2D eigenvalue weighted by atomic mass is 16.5. The number of pyridine rings is 1. The standard InChI is InChI=1S/C18H25N3O2/c1-5-13(2)11-20-18(22)21(3)12-14-8-9-16(23-4)17-15(14)7-6-10-19-17/h6-10,13H,5,11-12H2,1-4H3,(H,20,22)/t13-/m1/s1. The zero-order valence-corrected chi connectivity index (χ0v) is 14.3. The second-order valence-electron chi connectivity index (χ2n) is 5.88. The molecule has 2 rings (SSSR count). The van der Waals surface area contributed by atoms with E-state index in [1.807, 2.05) is 24.3 Å². The van der Waals surface area contributed by atoms with Crippen LogP contribution in [0.3, 0.4) is 0 Å². The highest BCUT2D eigenvalue weighted by Gasteiger charge is 2.13. The van der Waals surface area contributed by atoms with Gasteiger partial charge in [0.2, 0.25) is 0 Å². The molecule has 2 amide bonds. The Kier molecular flexibility index (Phi) is 5.79. The molecule has 124 valence electrons. The molecule has 0 bridgehead atoms. The minimum absolute atomic E-state index is 0.0573. The van der Waals surface area contributed by atoms with Gasteiger partial charge in [0, 0.05) is 31.7 Å². The molecule has 1 atom stereocenters. The van der Waals surface area contributed by atoms with Crippen molar-refractivity contribution in [2.45, 2.75) is 26.8 Å². The third-order valence-corrected chi connectivity index (χ3v) is 4.10. The Balaban J connectivity index is 2.14. The average Bonchev–Trinajstić information content (AvgIpc) is 2.59. The number of benzene rings is 1. The maximum absolute atomic E-state index is 12.2. The SMILES string of the molecule is CC[C@@H](C)CNC(=O)N(C)Cc1ccc(OC)c2ncccc12. The summed E-state index contributed by atoms with van der Waals surface area (Å²) in [6.45, 7) is 5.48. The zero-order chi connectivity index (χ0) is 16.8. The molecule has 5 nitrogen and oxygen atoms in total. The van der Waals surface area contributed by atoms with Crippen molar-refractivity contribution in [2.75, 3.05) is 20.7 Å². The number of rotatable bonds is 6. The minimum atomic E-state index is -0.0573. The van der Waals surface area contributed by atoms with Crippen LogP contribution in [0.1, 0.15) is 25.8 Å². The molecule has 0 saturated heterocycles. The Morgan fingerprint density at radius 2 is 2.17 bits per heavy atom. The number of aromatic nitrogens is 1. The van der Waals surface area contributed by atoms with Crippen molar-refractivity contribution in [1.82, 2.24) is 15.2 Å². The van der Waals surface area contributed by atoms with Crippen LogP contribution >= 0.6 is 0 Å². The molecule has 0 fully saturated rings. The van der Waals surface area contributed by atoms with Crippen LogP contribution in [0.15, 0.2) is 30.5 Å². The summed E-state index contributed by atoms with van der Waals surface area (Å²) in [5, 5.41) is 3.98. The summed E-state index contributed by atoms with van der Waals surface area (Å²) in [6.07, 6.45) is 2.80. The van der Waals surface area contributed by atoms with Gasteiger partial charge >= 0.3 is 6.03 Å². The Morgan fingerprint density at radius 1 is 1.39 bits per heavy atom. The number of carbonyl (C=O) groups excluding carboxylic acids is 1. The van der Waals surface area contributed by atoms with E-state index in [0.717, 1.165) is 28.6 Å². The highest BCUT2D eigenvalue weighted by Crippen LogP contribution is 2.27. The van der Waals surface area contributed by atoms with Gasteiger partial charge in [-0.3, -0.25) is 4.98 Å². The number of nitrogens with zero attached hydrogens (tertiary/aromatic N) is 2. The molecule has 0 spiro atoms. The van der Waals surface area contributed by atoms with Gasteiger partial charge in [0.1, 0.15) is 11.3 Å². The largest absolute Gasteiger partial charge is 0.494 e. The molecule has 1 aromatic carbocycles. The zero-order valence-electron chi connectivity index (χ0n) is 14.3. The van der Waals surface area contributed by atoms with Crippen LogP contribution in [0.25, 0.3) is 10.9 Å². The van der Waals surface area contributed by atoms with Crippen LogP contribution in [0.4, 0.5) is 4.79 Å². The number of ether oxygens (including phenoxy) is 1. The summed E-state index contributed by atoms with van der Waals surface area (Å²) in [6, 6.07) is 7.73. The van der Waals surface area contributed by atoms with Gasteiger partial charge in [-0.15, -0.1) is 0 Å². The number of amides is 2. The van der Waals surface area contributed by atoms with E-state index in [1.54, 1.807) is 25.3 Å². The summed E-state index contributed by atoms with van der Waals surface area (Å²) < 4.78 is 5.36. The average molecular weight is 315 g/mol. The van der Waals surface area contributed by atoms with Gasteiger partial charge in [-0.25, -0.2) is 4.79 Å². The first kappa shape index (κ1) is 17.1. The number of fused-ring (bicyclic) bond motifs is 1. The summed E-state index contributed by atoms with van der Waals surface area (Å²) in [4.78, 5) is 18.3. The van der Waals surface area contributed by atoms with Gasteiger partial charge < -0.3 is 15.0 Å². The van der Waals surface area contributed by atoms with E-state index >= 15 is 0 Å². The topological polar surface area (TPSA) is 54.5 Å². The molecule has 0 aliphatic carbocycles. The van der Waals surface area contributed by atoms with Gasteiger partial charge in [-0.2, -0.15) is 0 Å². The second kappa shape index (κ2) is 7.81. The van der Waals surface area contributed by atoms with Crippen LogP contribution in [-0.2, 0) is 6.54 Å². The molecule has 1 aromatic heterocycles. The van der Waals surface area contributed by atoms with Crippen LogP contribution in [0.5, 0.6) is 5.75 Å². The van der Waals surface area contributed by atoms with Crippen molar-refractivity contribution >= 4 is 16.9 Å². The lowest BCUT2D eigenvalue weighted by atomic mass is 10.1. The van der Waals surface area contributed by atoms with Crippen LogP contribution in [0.2, 0.25) is 0 Å². The monoisotopic (exact) mass is 315 g/mol. The van der Waals surface area contributed by atoms with Gasteiger partial charge in [-0.05, 0) is 23.6 Å². The van der Waals surface area contributed by atoms with Crippen molar-refractivity contribution in [3.8, 4) is 5.75 Å². The molecule has 23 heavy (non-hydrogen) atoms. The molecule has 5 heteroatoms. The summed E-state index contributed by atoms with van der Waals surface area (Å²) in [5.41, 5.74) is 1.87. The Labute approximate surface area is 137 Å². The fraction of sp³-hybridized carbons (Fsp3) is 0.444. The van der Waals surface area contributed by atoms with E-state index in [-0.39, 0.29) is 6.03 Å². The maximum atomic E-state index is 12.2. The van der Waals surface area contributed by atoms with E-state index < -0.39 is 0 Å². The predicted octanol–water partition coefficient (Wildman–Crippen LogP) is 3.43. The van der Waals surface area contributed by atoms with E-state index in [9.17, 15) is 4.79 Å². The summed E-state index contributed by atoms with van der Waals surface area (Å²) >= 11 is 0. The molecular formula is C18H25N3O2. The molecular weight excluding hydrogens is 290 g/mol. The van der Waals surface area contributed by atoms with E-state index in [0.29, 0.717) is 19.0 Å². The molecule has 0 aliphatic rings. The van der Waals surface area contributed by atoms with Crippen LogP contribution < -0.4 is 10.1 Å². The fourth-order valence-electron chi connectivity index (χ4n) is 2.38. The van der Waals surface area contributed by atoms with Crippen molar-refractivity contribution in [3.63, 3.8) is 0 Å². The number of nitrogens with one attached hydrogen (secondary N) is 1. The van der Waals surface area contributed by atoms with Crippen molar-refractivity contribution < 1.29 is 9.53 Å². The Morgan fingerprint density at radius 3 is 2.87 bits per heavy atom.